The van der Waals surface area contributed by atoms with Crippen molar-refractivity contribution in [3.05, 3.63) is 87.9 Å². The zero-order valence-corrected chi connectivity index (χ0v) is 13.3. The van der Waals surface area contributed by atoms with Gasteiger partial charge in [0.2, 0.25) is 0 Å². The number of pyridine rings is 1. The van der Waals surface area contributed by atoms with Crippen molar-refractivity contribution >= 4 is 5.91 Å². The van der Waals surface area contributed by atoms with Crippen LogP contribution in [0.5, 0.6) is 0 Å². The van der Waals surface area contributed by atoms with Gasteiger partial charge in [0.15, 0.2) is 0 Å². The summed E-state index contributed by atoms with van der Waals surface area (Å²) in [5.74, 6) is -0.381. The van der Waals surface area contributed by atoms with E-state index in [9.17, 15) is 9.59 Å². The summed E-state index contributed by atoms with van der Waals surface area (Å²) in [5, 5.41) is 2.81. The highest BCUT2D eigenvalue weighted by Gasteiger charge is 2.11. The smallest absolute Gasteiger partial charge is 0.260 e. The minimum atomic E-state index is -0.381. The molecule has 2 N–H and O–H groups in total. The molecular weight excluding hydrogens is 304 g/mol. The van der Waals surface area contributed by atoms with Crippen LogP contribution in [0.4, 0.5) is 0 Å². The summed E-state index contributed by atoms with van der Waals surface area (Å²) in [5.41, 5.74) is 2.56. The molecule has 0 saturated heterocycles. The van der Waals surface area contributed by atoms with E-state index in [-0.39, 0.29) is 17.0 Å². The van der Waals surface area contributed by atoms with Crippen LogP contribution in [0, 0.1) is 6.92 Å². The predicted molar refractivity (Wildman–Crippen MR) is 90.7 cm³/mol. The molecule has 6 nitrogen and oxygen atoms in total. The van der Waals surface area contributed by atoms with E-state index < -0.39 is 0 Å². The number of benzene rings is 1. The lowest BCUT2D eigenvalue weighted by Gasteiger charge is -2.11. The fourth-order valence-corrected chi connectivity index (χ4v) is 2.48. The van der Waals surface area contributed by atoms with E-state index in [2.05, 4.69) is 15.3 Å². The first kappa shape index (κ1) is 15.7. The van der Waals surface area contributed by atoms with Crippen molar-refractivity contribution in [2.45, 2.75) is 20.0 Å². The Hall–Kier alpha value is -3.15. The number of aryl methyl sites for hydroxylation is 1. The van der Waals surface area contributed by atoms with Gasteiger partial charge >= 0.3 is 0 Å². The lowest BCUT2D eigenvalue weighted by Crippen LogP contribution is -2.29. The average Bonchev–Trinajstić information content (AvgIpc) is 3.07. The SMILES string of the molecule is Cc1ccc(C(=O)NCc2ccccc2Cn2ccnc2)c(=O)[nH]1. The molecule has 122 valence electrons. The molecule has 0 aliphatic carbocycles. The molecule has 0 fully saturated rings. The third kappa shape index (κ3) is 3.60. The largest absolute Gasteiger partial charge is 0.348 e. The first-order chi connectivity index (χ1) is 11.6. The maximum absolute atomic E-state index is 12.2. The van der Waals surface area contributed by atoms with Gasteiger partial charge in [-0.05, 0) is 30.2 Å². The molecule has 0 saturated carbocycles. The Morgan fingerprint density at radius 2 is 2.00 bits per heavy atom. The second kappa shape index (κ2) is 6.95. The topological polar surface area (TPSA) is 79.8 Å². The van der Waals surface area contributed by atoms with E-state index in [0.29, 0.717) is 13.1 Å². The Morgan fingerprint density at radius 1 is 1.21 bits per heavy atom. The van der Waals surface area contributed by atoms with Crippen LogP contribution in [0.25, 0.3) is 0 Å². The monoisotopic (exact) mass is 322 g/mol. The van der Waals surface area contributed by atoms with Crippen LogP contribution in [-0.4, -0.2) is 20.4 Å². The van der Waals surface area contributed by atoms with Crippen molar-refractivity contribution < 1.29 is 4.79 Å². The number of carbonyl (C=O) groups excluding carboxylic acids is 1. The van der Waals surface area contributed by atoms with Crippen molar-refractivity contribution in [3.63, 3.8) is 0 Å². The van der Waals surface area contributed by atoms with Crippen molar-refractivity contribution in [1.82, 2.24) is 19.9 Å². The number of hydrogen-bond donors (Lipinski definition) is 2. The second-order valence-corrected chi connectivity index (χ2v) is 5.57. The highest BCUT2D eigenvalue weighted by Crippen LogP contribution is 2.10. The Morgan fingerprint density at radius 3 is 2.71 bits per heavy atom. The van der Waals surface area contributed by atoms with Crippen LogP contribution in [0.15, 0.2) is 59.9 Å². The number of imidazole rings is 1. The lowest BCUT2D eigenvalue weighted by molar-refractivity contribution is 0.0949. The number of aromatic amines is 1. The van der Waals surface area contributed by atoms with Gasteiger partial charge in [-0.2, -0.15) is 0 Å². The van der Waals surface area contributed by atoms with E-state index in [1.807, 2.05) is 35.0 Å². The van der Waals surface area contributed by atoms with Gasteiger partial charge in [-0.1, -0.05) is 24.3 Å². The molecule has 3 aromatic rings. The van der Waals surface area contributed by atoms with Crippen molar-refractivity contribution in [3.8, 4) is 0 Å². The quantitative estimate of drug-likeness (QED) is 0.752. The number of rotatable bonds is 5. The molecule has 0 radical (unpaired) electrons. The first-order valence-electron chi connectivity index (χ1n) is 7.64. The van der Waals surface area contributed by atoms with Crippen LogP contribution in [0.2, 0.25) is 0 Å². The highest BCUT2D eigenvalue weighted by atomic mass is 16.2. The van der Waals surface area contributed by atoms with Crippen LogP contribution in [0.1, 0.15) is 27.2 Å². The van der Waals surface area contributed by atoms with Gasteiger partial charge in [-0.3, -0.25) is 9.59 Å². The maximum atomic E-state index is 12.2. The first-order valence-corrected chi connectivity index (χ1v) is 7.64. The average molecular weight is 322 g/mol. The Kier molecular flexibility index (Phi) is 4.56. The van der Waals surface area contributed by atoms with E-state index in [4.69, 9.17) is 0 Å². The summed E-state index contributed by atoms with van der Waals surface area (Å²) in [4.78, 5) is 30.7. The predicted octanol–water partition coefficient (Wildman–Crippen LogP) is 1.86. The van der Waals surface area contributed by atoms with E-state index >= 15 is 0 Å². The molecule has 1 aromatic carbocycles. The molecule has 2 aromatic heterocycles. The normalized spacial score (nSPS) is 10.5. The number of amides is 1. The van der Waals surface area contributed by atoms with Gasteiger partial charge in [0, 0.05) is 31.2 Å². The number of hydrogen-bond acceptors (Lipinski definition) is 3. The van der Waals surface area contributed by atoms with Gasteiger partial charge in [0.25, 0.3) is 11.5 Å². The molecule has 24 heavy (non-hydrogen) atoms. The summed E-state index contributed by atoms with van der Waals surface area (Å²) in [6, 6.07) is 11.1. The Balaban J connectivity index is 1.72. The molecule has 0 aliphatic heterocycles. The Bertz CT molecular complexity index is 897. The maximum Gasteiger partial charge on any atom is 0.260 e. The molecule has 3 rings (SSSR count). The third-order valence-corrected chi connectivity index (χ3v) is 3.77. The zero-order valence-electron chi connectivity index (χ0n) is 13.3. The minimum absolute atomic E-state index is 0.118. The van der Waals surface area contributed by atoms with E-state index in [1.165, 1.54) is 0 Å². The van der Waals surface area contributed by atoms with Crippen LogP contribution in [0.3, 0.4) is 0 Å². The molecule has 2 heterocycles. The van der Waals surface area contributed by atoms with Crippen LogP contribution in [-0.2, 0) is 13.1 Å². The van der Waals surface area contributed by atoms with Crippen molar-refractivity contribution in [1.29, 1.82) is 0 Å². The molecule has 0 unspecified atom stereocenters. The van der Waals surface area contributed by atoms with Crippen LogP contribution < -0.4 is 10.9 Å². The zero-order chi connectivity index (χ0) is 16.9. The molecular formula is C18H18N4O2. The summed E-state index contributed by atoms with van der Waals surface area (Å²) >= 11 is 0. The fourth-order valence-electron chi connectivity index (χ4n) is 2.48. The molecule has 0 aliphatic rings. The highest BCUT2D eigenvalue weighted by molar-refractivity contribution is 5.93. The van der Waals surface area contributed by atoms with E-state index in [1.54, 1.807) is 31.6 Å². The molecule has 0 spiro atoms. The lowest BCUT2D eigenvalue weighted by atomic mass is 10.1. The molecule has 0 atom stereocenters. The van der Waals surface area contributed by atoms with Crippen LogP contribution >= 0.6 is 0 Å². The summed E-state index contributed by atoms with van der Waals surface area (Å²) < 4.78 is 1.96. The molecule has 1 amide bonds. The number of nitrogens with one attached hydrogen (secondary N) is 2. The van der Waals surface area contributed by atoms with Gasteiger partial charge in [0.1, 0.15) is 5.56 Å². The molecule has 6 heteroatoms. The molecule has 0 bridgehead atoms. The van der Waals surface area contributed by atoms with Gasteiger partial charge < -0.3 is 14.9 Å². The van der Waals surface area contributed by atoms with Crippen molar-refractivity contribution in [2.24, 2.45) is 0 Å². The third-order valence-electron chi connectivity index (χ3n) is 3.77. The summed E-state index contributed by atoms with van der Waals surface area (Å²) in [6.45, 7) is 2.81. The number of aromatic nitrogens is 3. The second-order valence-electron chi connectivity index (χ2n) is 5.57. The number of carbonyl (C=O) groups is 1. The fraction of sp³-hybridized carbons (Fsp3) is 0.167. The van der Waals surface area contributed by atoms with Gasteiger partial charge in [-0.25, -0.2) is 4.98 Å². The Labute approximate surface area is 139 Å². The van der Waals surface area contributed by atoms with Gasteiger partial charge in [-0.15, -0.1) is 0 Å². The minimum Gasteiger partial charge on any atom is -0.348 e. The number of nitrogens with zero attached hydrogens (tertiary/aromatic N) is 2. The van der Waals surface area contributed by atoms with Gasteiger partial charge in [0.05, 0.1) is 6.33 Å². The van der Waals surface area contributed by atoms with Crippen molar-refractivity contribution in [2.75, 3.05) is 0 Å². The summed E-state index contributed by atoms with van der Waals surface area (Å²) in [7, 11) is 0. The number of H-pyrrole nitrogens is 1. The van der Waals surface area contributed by atoms with E-state index in [0.717, 1.165) is 16.8 Å². The standard InChI is InChI=1S/C18H18N4O2/c1-13-6-7-16(18(24)21-13)17(23)20-10-14-4-2-3-5-15(14)11-22-9-8-19-12-22/h2-9,12H,10-11H2,1H3,(H,20,23)(H,21,24). The summed E-state index contributed by atoms with van der Waals surface area (Å²) in [6.07, 6.45) is 5.37.